The first-order valence-corrected chi connectivity index (χ1v) is 28.0. The Kier molecular flexibility index (Phi) is 50.7. The maximum atomic E-state index is 12.8. The predicted molar refractivity (Wildman–Crippen MR) is 266 cm³/mol. The van der Waals surface area contributed by atoms with Gasteiger partial charge in [-0.1, -0.05) is 284 Å². The number of carbonyl (C=O) groups is 3. The third-order valence-electron chi connectivity index (χ3n) is 12.9. The molecule has 0 N–H and O–H groups in total. The van der Waals surface area contributed by atoms with Crippen molar-refractivity contribution < 1.29 is 28.6 Å². The van der Waals surface area contributed by atoms with E-state index in [2.05, 4.69) is 20.8 Å². The van der Waals surface area contributed by atoms with Crippen LogP contribution in [-0.2, 0) is 28.6 Å². The summed E-state index contributed by atoms with van der Waals surface area (Å²) < 4.78 is 16.7. The van der Waals surface area contributed by atoms with Crippen LogP contribution < -0.4 is 0 Å². The molecular weight excluding hydrogens is 769 g/mol. The molecule has 0 aromatic heterocycles. The second-order valence-electron chi connectivity index (χ2n) is 19.2. The Morgan fingerprint density at radius 1 is 0.258 bits per heavy atom. The topological polar surface area (TPSA) is 78.9 Å². The van der Waals surface area contributed by atoms with Crippen molar-refractivity contribution >= 4 is 17.9 Å². The second-order valence-corrected chi connectivity index (χ2v) is 19.2. The summed E-state index contributed by atoms with van der Waals surface area (Å²) >= 11 is 0. The van der Waals surface area contributed by atoms with E-state index in [0.717, 1.165) is 64.2 Å². The molecule has 0 aromatic carbocycles. The zero-order valence-corrected chi connectivity index (χ0v) is 42.2. The number of ether oxygens (including phenoxy) is 3. The van der Waals surface area contributed by atoms with Crippen LogP contribution in [-0.4, -0.2) is 37.2 Å². The van der Waals surface area contributed by atoms with Gasteiger partial charge in [-0.2, -0.15) is 0 Å². The number of hydrogen-bond donors (Lipinski definition) is 0. The molecule has 6 nitrogen and oxygen atoms in total. The van der Waals surface area contributed by atoms with Crippen LogP contribution in [0.15, 0.2) is 0 Å². The lowest BCUT2D eigenvalue weighted by molar-refractivity contribution is -0.167. The highest BCUT2D eigenvalue weighted by Gasteiger charge is 2.19. The SMILES string of the molecule is CCCCCCCCCCCCCCCCCCCCCCCC(=O)OCC(COC(=O)CCCCCCC)OC(=O)CCCCCCCCCCCCCCCCCCCC. The monoisotopic (exact) mass is 877 g/mol. The molecular formula is C56H108O6. The van der Waals surface area contributed by atoms with Gasteiger partial charge in [0.2, 0.25) is 0 Å². The first-order valence-electron chi connectivity index (χ1n) is 28.0. The van der Waals surface area contributed by atoms with Crippen LogP contribution in [0, 0.1) is 0 Å². The summed E-state index contributed by atoms with van der Waals surface area (Å²) in [5.74, 6) is -0.853. The molecule has 0 aliphatic carbocycles. The van der Waals surface area contributed by atoms with Crippen molar-refractivity contribution in [2.75, 3.05) is 13.2 Å². The molecule has 6 heteroatoms. The van der Waals surface area contributed by atoms with Gasteiger partial charge in [0.1, 0.15) is 13.2 Å². The van der Waals surface area contributed by atoms with Gasteiger partial charge in [0, 0.05) is 19.3 Å². The van der Waals surface area contributed by atoms with Gasteiger partial charge in [0.15, 0.2) is 6.10 Å². The molecule has 0 rings (SSSR count). The quantitative estimate of drug-likeness (QED) is 0.0344. The molecule has 0 aromatic rings. The maximum absolute atomic E-state index is 12.8. The van der Waals surface area contributed by atoms with Crippen molar-refractivity contribution in [2.45, 2.75) is 329 Å². The van der Waals surface area contributed by atoms with Crippen LogP contribution in [0.25, 0.3) is 0 Å². The van der Waals surface area contributed by atoms with E-state index in [-0.39, 0.29) is 31.1 Å². The van der Waals surface area contributed by atoms with Gasteiger partial charge in [-0.15, -0.1) is 0 Å². The van der Waals surface area contributed by atoms with Crippen molar-refractivity contribution in [1.82, 2.24) is 0 Å². The molecule has 0 radical (unpaired) electrons. The first kappa shape index (κ1) is 60.4. The van der Waals surface area contributed by atoms with Crippen molar-refractivity contribution in [3.05, 3.63) is 0 Å². The van der Waals surface area contributed by atoms with Crippen LogP contribution in [0.3, 0.4) is 0 Å². The van der Waals surface area contributed by atoms with Gasteiger partial charge in [0.25, 0.3) is 0 Å². The standard InChI is InChI=1S/C56H108O6/c1-4-7-10-13-15-17-19-21-23-25-27-28-29-31-32-34-36-38-40-43-46-49-55(58)61-52-53(51-60-54(57)48-45-42-12-9-6-3)62-56(59)50-47-44-41-39-37-35-33-30-26-24-22-20-18-16-14-11-8-5-2/h53H,4-52H2,1-3H3. The fourth-order valence-electron chi connectivity index (χ4n) is 8.62. The summed E-state index contributed by atoms with van der Waals surface area (Å²) in [4.78, 5) is 37.7. The molecule has 368 valence electrons. The highest BCUT2D eigenvalue weighted by molar-refractivity contribution is 5.71. The minimum atomic E-state index is -0.759. The average molecular weight is 877 g/mol. The van der Waals surface area contributed by atoms with Gasteiger partial charge < -0.3 is 14.2 Å². The summed E-state index contributed by atoms with van der Waals surface area (Å²) in [6.45, 7) is 6.62. The Hall–Kier alpha value is -1.59. The molecule has 0 aliphatic heterocycles. The fourth-order valence-corrected chi connectivity index (χ4v) is 8.62. The van der Waals surface area contributed by atoms with E-state index in [9.17, 15) is 14.4 Å². The van der Waals surface area contributed by atoms with Crippen LogP contribution in [0.2, 0.25) is 0 Å². The number of rotatable bonds is 52. The summed E-state index contributed by atoms with van der Waals surface area (Å²) in [5, 5.41) is 0. The highest BCUT2D eigenvalue weighted by Crippen LogP contribution is 2.18. The second kappa shape index (κ2) is 52.0. The Morgan fingerprint density at radius 2 is 0.435 bits per heavy atom. The van der Waals surface area contributed by atoms with Crippen LogP contribution in [0.5, 0.6) is 0 Å². The summed E-state index contributed by atoms with van der Waals surface area (Å²) in [6.07, 6.45) is 57.1. The van der Waals surface area contributed by atoms with Crippen molar-refractivity contribution in [3.8, 4) is 0 Å². The number of hydrogen-bond acceptors (Lipinski definition) is 6. The molecule has 0 saturated carbocycles. The van der Waals surface area contributed by atoms with E-state index in [4.69, 9.17) is 14.2 Å². The van der Waals surface area contributed by atoms with Gasteiger partial charge >= 0.3 is 17.9 Å². The lowest BCUT2D eigenvalue weighted by Crippen LogP contribution is -2.30. The van der Waals surface area contributed by atoms with Gasteiger partial charge in [-0.3, -0.25) is 14.4 Å². The molecule has 62 heavy (non-hydrogen) atoms. The van der Waals surface area contributed by atoms with Gasteiger partial charge in [-0.05, 0) is 19.3 Å². The van der Waals surface area contributed by atoms with E-state index in [1.807, 2.05) is 0 Å². The largest absolute Gasteiger partial charge is 0.462 e. The molecule has 0 fully saturated rings. The Balaban J connectivity index is 4.03. The predicted octanol–water partition coefficient (Wildman–Crippen LogP) is 18.4. The Labute approximate surface area is 387 Å². The van der Waals surface area contributed by atoms with Crippen molar-refractivity contribution in [3.63, 3.8) is 0 Å². The van der Waals surface area contributed by atoms with Crippen LogP contribution >= 0.6 is 0 Å². The molecule has 0 aliphatic rings. The lowest BCUT2D eigenvalue weighted by Gasteiger charge is -2.18. The molecule has 0 amide bonds. The average Bonchev–Trinajstić information content (AvgIpc) is 3.27. The van der Waals surface area contributed by atoms with Crippen molar-refractivity contribution in [2.24, 2.45) is 0 Å². The van der Waals surface area contributed by atoms with E-state index in [1.165, 1.54) is 218 Å². The van der Waals surface area contributed by atoms with Crippen LogP contribution in [0.1, 0.15) is 323 Å². The minimum absolute atomic E-state index is 0.0628. The molecule has 0 saturated heterocycles. The van der Waals surface area contributed by atoms with E-state index >= 15 is 0 Å². The Morgan fingerprint density at radius 3 is 0.645 bits per heavy atom. The number of unbranched alkanes of at least 4 members (excludes halogenated alkanes) is 41. The first-order chi connectivity index (χ1) is 30.5. The third-order valence-corrected chi connectivity index (χ3v) is 12.9. The molecule has 0 spiro atoms. The molecule has 1 unspecified atom stereocenters. The zero-order chi connectivity index (χ0) is 45.1. The van der Waals surface area contributed by atoms with Gasteiger partial charge in [0.05, 0.1) is 0 Å². The number of carbonyl (C=O) groups excluding carboxylic acids is 3. The summed E-state index contributed by atoms with van der Waals surface area (Å²) in [7, 11) is 0. The molecule has 0 heterocycles. The Bertz CT molecular complexity index is 920. The van der Waals surface area contributed by atoms with Gasteiger partial charge in [-0.25, -0.2) is 0 Å². The summed E-state index contributed by atoms with van der Waals surface area (Å²) in [5.41, 5.74) is 0. The minimum Gasteiger partial charge on any atom is -0.462 e. The number of esters is 3. The fraction of sp³-hybridized carbons (Fsp3) is 0.946. The third kappa shape index (κ3) is 49.4. The maximum Gasteiger partial charge on any atom is 0.306 e. The van der Waals surface area contributed by atoms with Crippen LogP contribution in [0.4, 0.5) is 0 Å². The van der Waals surface area contributed by atoms with E-state index in [1.54, 1.807) is 0 Å². The zero-order valence-electron chi connectivity index (χ0n) is 42.2. The molecule has 0 bridgehead atoms. The smallest absolute Gasteiger partial charge is 0.306 e. The lowest BCUT2D eigenvalue weighted by atomic mass is 10.0. The van der Waals surface area contributed by atoms with E-state index < -0.39 is 6.10 Å². The highest BCUT2D eigenvalue weighted by atomic mass is 16.6. The molecule has 1 atom stereocenters. The normalized spacial score (nSPS) is 11.9. The van der Waals surface area contributed by atoms with Crippen molar-refractivity contribution in [1.29, 1.82) is 0 Å². The summed E-state index contributed by atoms with van der Waals surface area (Å²) in [6, 6.07) is 0. The van der Waals surface area contributed by atoms with E-state index in [0.29, 0.717) is 19.3 Å².